The summed E-state index contributed by atoms with van der Waals surface area (Å²) in [5.74, 6) is 0.746. The van der Waals surface area contributed by atoms with Crippen molar-refractivity contribution in [3.8, 4) is 5.75 Å². The van der Waals surface area contributed by atoms with E-state index >= 15 is 0 Å². The van der Waals surface area contributed by atoms with Crippen molar-refractivity contribution >= 4 is 0 Å². The van der Waals surface area contributed by atoms with E-state index < -0.39 is 12.3 Å². The van der Waals surface area contributed by atoms with Gasteiger partial charge in [0.25, 0.3) is 0 Å². The molecule has 1 aromatic carbocycles. The van der Waals surface area contributed by atoms with Crippen LogP contribution in [-0.2, 0) is 0 Å². The average molecular weight is 251 g/mol. The zero-order valence-electron chi connectivity index (χ0n) is 12.0. The first-order valence-electron chi connectivity index (χ1n) is 6.37. The quantitative estimate of drug-likeness (QED) is 0.809. The highest BCUT2D eigenvalue weighted by molar-refractivity contribution is 5.38. The summed E-state index contributed by atoms with van der Waals surface area (Å²) in [6.07, 6.45) is -0.742. The summed E-state index contributed by atoms with van der Waals surface area (Å²) >= 11 is 0. The zero-order valence-corrected chi connectivity index (χ0v) is 12.0. The van der Waals surface area contributed by atoms with Crippen LogP contribution in [0.2, 0.25) is 0 Å². The topological polar surface area (TPSA) is 55.5 Å². The van der Waals surface area contributed by atoms with Gasteiger partial charge in [-0.2, -0.15) is 0 Å². The molecule has 0 aromatic heterocycles. The van der Waals surface area contributed by atoms with Crippen molar-refractivity contribution in [2.24, 2.45) is 11.1 Å². The number of rotatable bonds is 4. The van der Waals surface area contributed by atoms with Gasteiger partial charge in [-0.1, -0.05) is 32.9 Å². The van der Waals surface area contributed by atoms with Gasteiger partial charge in [0.1, 0.15) is 11.9 Å². The first-order chi connectivity index (χ1) is 8.20. The molecule has 0 aliphatic rings. The first kappa shape index (κ1) is 15.0. The molecule has 0 amide bonds. The van der Waals surface area contributed by atoms with Crippen LogP contribution in [0.5, 0.6) is 5.75 Å². The fraction of sp³-hybridized carbons (Fsp3) is 0.600. The van der Waals surface area contributed by atoms with Crippen LogP contribution < -0.4 is 10.5 Å². The second kappa shape index (κ2) is 5.72. The van der Waals surface area contributed by atoms with Crippen molar-refractivity contribution in [3.63, 3.8) is 0 Å². The van der Waals surface area contributed by atoms with E-state index in [1.54, 1.807) is 0 Å². The molecule has 3 heteroatoms. The summed E-state index contributed by atoms with van der Waals surface area (Å²) in [7, 11) is 0. The number of aliphatic hydroxyl groups excluding tert-OH is 1. The maximum atomic E-state index is 10.0. The molecule has 0 fully saturated rings. The van der Waals surface area contributed by atoms with Crippen molar-refractivity contribution in [1.82, 2.24) is 0 Å². The number of ether oxygens (including phenoxy) is 1. The van der Waals surface area contributed by atoms with Gasteiger partial charge in [0.05, 0.1) is 0 Å². The Kier molecular flexibility index (Phi) is 4.77. The third-order valence-corrected chi connectivity index (χ3v) is 3.02. The smallest absolute Gasteiger partial charge is 0.173 e. The molecule has 0 aliphatic heterocycles. The predicted octanol–water partition coefficient (Wildman–Crippen LogP) is 2.76. The maximum absolute atomic E-state index is 10.0. The van der Waals surface area contributed by atoms with Gasteiger partial charge in [-0.05, 0) is 42.9 Å². The molecule has 0 saturated carbocycles. The van der Waals surface area contributed by atoms with E-state index in [4.69, 9.17) is 10.5 Å². The van der Waals surface area contributed by atoms with Crippen molar-refractivity contribution in [2.75, 3.05) is 0 Å². The van der Waals surface area contributed by atoms with Gasteiger partial charge < -0.3 is 9.84 Å². The minimum Gasteiger partial charge on any atom is -0.473 e. The SMILES string of the molecule is Cc1cccc(OC(N)C(O)CC(C)(C)C)c1C. The normalized spacial score (nSPS) is 15.3. The lowest BCUT2D eigenvalue weighted by Gasteiger charge is -2.27. The zero-order chi connectivity index (χ0) is 13.9. The Morgan fingerprint density at radius 3 is 2.44 bits per heavy atom. The van der Waals surface area contributed by atoms with Crippen LogP contribution in [0.4, 0.5) is 0 Å². The molecule has 1 aromatic rings. The number of hydrogen-bond acceptors (Lipinski definition) is 3. The van der Waals surface area contributed by atoms with E-state index in [2.05, 4.69) is 20.8 Å². The summed E-state index contributed by atoms with van der Waals surface area (Å²) in [4.78, 5) is 0. The number of aryl methyl sites for hydroxylation is 1. The molecular weight excluding hydrogens is 226 g/mol. The summed E-state index contributed by atoms with van der Waals surface area (Å²) in [5.41, 5.74) is 8.16. The fourth-order valence-electron chi connectivity index (χ4n) is 1.82. The standard InChI is InChI=1S/C15H25NO2/c1-10-7-6-8-13(11(10)2)18-14(16)12(17)9-15(3,4)5/h6-8,12,14,17H,9,16H2,1-5H3. The van der Waals surface area contributed by atoms with Gasteiger partial charge in [0, 0.05) is 0 Å². The van der Waals surface area contributed by atoms with Crippen molar-refractivity contribution in [1.29, 1.82) is 0 Å². The third-order valence-electron chi connectivity index (χ3n) is 3.02. The Labute approximate surface area is 110 Å². The Hall–Kier alpha value is -1.06. The molecule has 18 heavy (non-hydrogen) atoms. The molecule has 0 aliphatic carbocycles. The number of nitrogens with two attached hydrogens (primary N) is 1. The summed E-state index contributed by atoms with van der Waals surface area (Å²) < 4.78 is 5.66. The van der Waals surface area contributed by atoms with Crippen LogP contribution in [0.25, 0.3) is 0 Å². The van der Waals surface area contributed by atoms with E-state index in [-0.39, 0.29) is 5.41 Å². The summed E-state index contributed by atoms with van der Waals surface area (Å²) in [6, 6.07) is 5.84. The molecule has 0 radical (unpaired) electrons. The second-order valence-corrected chi connectivity index (χ2v) is 6.11. The first-order valence-corrected chi connectivity index (χ1v) is 6.37. The average Bonchev–Trinajstić information content (AvgIpc) is 2.22. The molecule has 1 rings (SSSR count). The molecule has 0 heterocycles. The van der Waals surface area contributed by atoms with Crippen LogP contribution in [0.15, 0.2) is 18.2 Å². The Bertz CT molecular complexity index is 396. The predicted molar refractivity (Wildman–Crippen MR) is 74.6 cm³/mol. The molecular formula is C15H25NO2. The molecule has 0 spiro atoms. The number of aliphatic hydroxyl groups is 1. The lowest BCUT2D eigenvalue weighted by Crippen LogP contribution is -2.41. The summed E-state index contributed by atoms with van der Waals surface area (Å²) in [6.45, 7) is 10.2. The highest BCUT2D eigenvalue weighted by Crippen LogP contribution is 2.25. The van der Waals surface area contributed by atoms with Gasteiger partial charge in [-0.3, -0.25) is 5.73 Å². The van der Waals surface area contributed by atoms with Crippen molar-refractivity contribution < 1.29 is 9.84 Å². The van der Waals surface area contributed by atoms with Crippen LogP contribution in [-0.4, -0.2) is 17.4 Å². The van der Waals surface area contributed by atoms with Crippen LogP contribution in [0.3, 0.4) is 0 Å². The van der Waals surface area contributed by atoms with E-state index in [9.17, 15) is 5.11 Å². The number of hydrogen-bond donors (Lipinski definition) is 2. The van der Waals surface area contributed by atoms with E-state index in [1.807, 2.05) is 32.0 Å². The van der Waals surface area contributed by atoms with Crippen LogP contribution >= 0.6 is 0 Å². The second-order valence-electron chi connectivity index (χ2n) is 6.11. The Balaban J connectivity index is 2.69. The van der Waals surface area contributed by atoms with Crippen LogP contribution in [0, 0.1) is 19.3 Å². The van der Waals surface area contributed by atoms with Gasteiger partial charge >= 0.3 is 0 Å². The highest BCUT2D eigenvalue weighted by Gasteiger charge is 2.23. The van der Waals surface area contributed by atoms with Gasteiger partial charge in [-0.25, -0.2) is 0 Å². The number of benzene rings is 1. The molecule has 2 atom stereocenters. The van der Waals surface area contributed by atoms with Gasteiger partial charge in [-0.15, -0.1) is 0 Å². The van der Waals surface area contributed by atoms with Gasteiger partial charge in [0.15, 0.2) is 6.23 Å². The monoisotopic (exact) mass is 251 g/mol. The Morgan fingerprint density at radius 2 is 1.89 bits per heavy atom. The molecule has 3 nitrogen and oxygen atoms in total. The largest absolute Gasteiger partial charge is 0.473 e. The molecule has 0 saturated heterocycles. The van der Waals surface area contributed by atoms with Gasteiger partial charge in [0.2, 0.25) is 0 Å². The van der Waals surface area contributed by atoms with Crippen molar-refractivity contribution in [2.45, 2.75) is 53.4 Å². The molecule has 102 valence electrons. The third kappa shape index (κ3) is 4.31. The highest BCUT2D eigenvalue weighted by atomic mass is 16.5. The minimum absolute atomic E-state index is 0.0298. The van der Waals surface area contributed by atoms with E-state index in [0.29, 0.717) is 6.42 Å². The van der Waals surface area contributed by atoms with E-state index in [1.165, 1.54) is 0 Å². The molecule has 3 N–H and O–H groups in total. The fourth-order valence-corrected chi connectivity index (χ4v) is 1.82. The lowest BCUT2D eigenvalue weighted by atomic mass is 9.89. The summed E-state index contributed by atoms with van der Waals surface area (Å²) in [5, 5.41) is 10.0. The molecule has 0 bridgehead atoms. The van der Waals surface area contributed by atoms with E-state index in [0.717, 1.165) is 16.9 Å². The molecule has 2 unspecified atom stereocenters. The maximum Gasteiger partial charge on any atom is 0.173 e. The minimum atomic E-state index is -0.690. The van der Waals surface area contributed by atoms with Crippen molar-refractivity contribution in [3.05, 3.63) is 29.3 Å². The van der Waals surface area contributed by atoms with Crippen LogP contribution in [0.1, 0.15) is 38.3 Å². The lowest BCUT2D eigenvalue weighted by molar-refractivity contribution is 0.0138. The Morgan fingerprint density at radius 1 is 1.28 bits per heavy atom.